The quantitative estimate of drug-likeness (QED) is 0.589. The van der Waals surface area contributed by atoms with E-state index in [0.29, 0.717) is 25.2 Å². The molecule has 1 N–H and O–H groups in total. The Balaban J connectivity index is 2.34. The van der Waals surface area contributed by atoms with E-state index in [0.717, 1.165) is 5.56 Å². The monoisotopic (exact) mass is 221 g/mol. The number of hydrogen-bond donors (Lipinski definition) is 1. The lowest BCUT2D eigenvalue weighted by Gasteiger charge is -2.02. The number of carboxylic acid groups (broad SMARTS) is 1. The Bertz CT molecular complexity index is 360. The fourth-order valence-corrected chi connectivity index (χ4v) is 1.20. The third kappa shape index (κ3) is 4.23. The van der Waals surface area contributed by atoms with Crippen LogP contribution in [0.5, 0.6) is 0 Å². The van der Waals surface area contributed by atoms with E-state index in [-0.39, 0.29) is 0 Å². The number of aromatic nitrogens is 1. The van der Waals surface area contributed by atoms with Crippen molar-refractivity contribution >= 4 is 5.97 Å². The molecule has 0 saturated heterocycles. The average molecular weight is 221 g/mol. The molecule has 0 atom stereocenters. The van der Waals surface area contributed by atoms with Crippen molar-refractivity contribution in [2.75, 3.05) is 6.61 Å². The summed E-state index contributed by atoms with van der Waals surface area (Å²) in [5.41, 5.74) is 1.41. The summed E-state index contributed by atoms with van der Waals surface area (Å²) in [5.74, 6) is -0.880. The summed E-state index contributed by atoms with van der Waals surface area (Å²) in [6.45, 7) is 2.59. The molecule has 1 aromatic heterocycles. The zero-order valence-corrected chi connectivity index (χ0v) is 9.22. The van der Waals surface area contributed by atoms with Crippen LogP contribution in [-0.2, 0) is 16.1 Å². The Morgan fingerprint density at radius 1 is 1.50 bits per heavy atom. The van der Waals surface area contributed by atoms with E-state index in [2.05, 4.69) is 4.98 Å². The minimum atomic E-state index is -0.880. The summed E-state index contributed by atoms with van der Waals surface area (Å²) >= 11 is 0. The number of carbonyl (C=O) groups is 1. The van der Waals surface area contributed by atoms with Crippen LogP contribution in [0.3, 0.4) is 0 Å². The fraction of sp³-hybridized carbons (Fsp3) is 0.333. The summed E-state index contributed by atoms with van der Waals surface area (Å²) in [7, 11) is 0. The van der Waals surface area contributed by atoms with Gasteiger partial charge in [-0.15, -0.1) is 0 Å². The molecule has 4 nitrogen and oxygen atoms in total. The summed E-state index contributed by atoms with van der Waals surface area (Å²) in [5, 5.41) is 8.76. The second-order valence-electron chi connectivity index (χ2n) is 3.26. The maximum absolute atomic E-state index is 10.7. The van der Waals surface area contributed by atoms with Crippen LogP contribution in [0.4, 0.5) is 0 Å². The summed E-state index contributed by atoms with van der Waals surface area (Å²) in [6, 6.07) is 3.73. The molecule has 1 rings (SSSR count). The van der Waals surface area contributed by atoms with Gasteiger partial charge in [0.2, 0.25) is 0 Å². The molecular weight excluding hydrogens is 206 g/mol. The summed E-state index contributed by atoms with van der Waals surface area (Å²) in [6.07, 6.45) is 5.50. The lowest BCUT2D eigenvalue weighted by atomic mass is 10.2. The van der Waals surface area contributed by atoms with Crippen LogP contribution in [0, 0.1) is 0 Å². The van der Waals surface area contributed by atoms with Crippen molar-refractivity contribution in [2.24, 2.45) is 0 Å². The Labute approximate surface area is 94.6 Å². The van der Waals surface area contributed by atoms with Crippen LogP contribution < -0.4 is 0 Å². The molecule has 0 aromatic carbocycles. The normalized spacial score (nSPS) is 11.4. The van der Waals surface area contributed by atoms with Crippen molar-refractivity contribution in [3.05, 3.63) is 41.7 Å². The van der Waals surface area contributed by atoms with Crippen LogP contribution in [0.2, 0.25) is 0 Å². The standard InChI is InChI=1S/C12H15NO3/c1-2-11(12(14)15)5-8-16-9-10-3-6-13-7-4-10/h3-7H,2,8-9H2,1H3,(H,14,15)/b11-5-. The number of ether oxygens (including phenoxy) is 1. The van der Waals surface area contributed by atoms with Crippen molar-refractivity contribution in [3.8, 4) is 0 Å². The van der Waals surface area contributed by atoms with E-state index in [1.54, 1.807) is 18.5 Å². The largest absolute Gasteiger partial charge is 0.478 e. The second-order valence-corrected chi connectivity index (χ2v) is 3.26. The summed E-state index contributed by atoms with van der Waals surface area (Å²) < 4.78 is 5.33. The van der Waals surface area contributed by atoms with E-state index in [9.17, 15) is 4.79 Å². The Morgan fingerprint density at radius 2 is 2.19 bits per heavy atom. The fourth-order valence-electron chi connectivity index (χ4n) is 1.20. The zero-order chi connectivity index (χ0) is 11.8. The van der Waals surface area contributed by atoms with Gasteiger partial charge in [-0.1, -0.05) is 6.92 Å². The first-order valence-corrected chi connectivity index (χ1v) is 5.13. The molecule has 0 aliphatic heterocycles. The van der Waals surface area contributed by atoms with Gasteiger partial charge in [-0.25, -0.2) is 4.79 Å². The van der Waals surface area contributed by atoms with Gasteiger partial charge in [0.1, 0.15) is 0 Å². The van der Waals surface area contributed by atoms with Crippen LogP contribution in [-0.4, -0.2) is 22.7 Å². The highest BCUT2D eigenvalue weighted by Crippen LogP contribution is 2.02. The molecular formula is C12H15NO3. The van der Waals surface area contributed by atoms with Crippen molar-refractivity contribution in [3.63, 3.8) is 0 Å². The molecule has 0 radical (unpaired) electrons. The van der Waals surface area contributed by atoms with Crippen molar-refractivity contribution < 1.29 is 14.6 Å². The average Bonchev–Trinajstić information content (AvgIpc) is 2.30. The molecule has 0 saturated carbocycles. The van der Waals surface area contributed by atoms with Gasteiger partial charge >= 0.3 is 5.97 Å². The molecule has 0 spiro atoms. The molecule has 1 aromatic rings. The SMILES string of the molecule is CC/C(=C/COCc1ccncc1)C(=O)O. The molecule has 0 unspecified atom stereocenters. The first kappa shape index (κ1) is 12.4. The summed E-state index contributed by atoms with van der Waals surface area (Å²) in [4.78, 5) is 14.6. The third-order valence-electron chi connectivity index (χ3n) is 2.12. The maximum Gasteiger partial charge on any atom is 0.331 e. The zero-order valence-electron chi connectivity index (χ0n) is 9.22. The van der Waals surface area contributed by atoms with Gasteiger partial charge in [0, 0.05) is 18.0 Å². The van der Waals surface area contributed by atoms with E-state index >= 15 is 0 Å². The molecule has 0 bridgehead atoms. The predicted octanol–water partition coefficient (Wildman–Crippen LogP) is 2.02. The van der Waals surface area contributed by atoms with Gasteiger partial charge in [0.25, 0.3) is 0 Å². The Hall–Kier alpha value is -1.68. The molecule has 4 heteroatoms. The number of pyridine rings is 1. The van der Waals surface area contributed by atoms with Crippen LogP contribution in [0.25, 0.3) is 0 Å². The molecule has 0 aliphatic carbocycles. The van der Waals surface area contributed by atoms with Crippen molar-refractivity contribution in [1.82, 2.24) is 4.98 Å². The smallest absolute Gasteiger partial charge is 0.331 e. The topological polar surface area (TPSA) is 59.4 Å². The minimum absolute atomic E-state index is 0.317. The number of nitrogens with zero attached hydrogens (tertiary/aromatic N) is 1. The first-order chi connectivity index (χ1) is 7.74. The van der Waals surface area contributed by atoms with E-state index in [1.165, 1.54) is 0 Å². The predicted molar refractivity (Wildman–Crippen MR) is 59.9 cm³/mol. The third-order valence-corrected chi connectivity index (χ3v) is 2.12. The molecule has 86 valence electrons. The molecule has 0 amide bonds. The maximum atomic E-state index is 10.7. The van der Waals surface area contributed by atoms with Crippen molar-refractivity contribution in [2.45, 2.75) is 20.0 Å². The Morgan fingerprint density at radius 3 is 2.75 bits per heavy atom. The molecule has 0 aliphatic rings. The van der Waals surface area contributed by atoms with Crippen molar-refractivity contribution in [1.29, 1.82) is 0 Å². The van der Waals surface area contributed by atoms with E-state index in [1.807, 2.05) is 19.1 Å². The van der Waals surface area contributed by atoms with Gasteiger partial charge in [0.05, 0.1) is 13.2 Å². The molecule has 16 heavy (non-hydrogen) atoms. The van der Waals surface area contributed by atoms with Gasteiger partial charge < -0.3 is 9.84 Å². The Kier molecular flexibility index (Phi) is 5.22. The number of carboxylic acids is 1. The highest BCUT2D eigenvalue weighted by molar-refractivity contribution is 5.86. The highest BCUT2D eigenvalue weighted by atomic mass is 16.5. The number of rotatable bonds is 6. The highest BCUT2D eigenvalue weighted by Gasteiger charge is 2.02. The van der Waals surface area contributed by atoms with Crippen LogP contribution >= 0.6 is 0 Å². The number of hydrogen-bond acceptors (Lipinski definition) is 3. The van der Waals surface area contributed by atoms with Crippen LogP contribution in [0.15, 0.2) is 36.2 Å². The van der Waals surface area contributed by atoms with E-state index < -0.39 is 5.97 Å². The van der Waals surface area contributed by atoms with E-state index in [4.69, 9.17) is 9.84 Å². The molecule has 1 heterocycles. The van der Waals surface area contributed by atoms with Crippen LogP contribution in [0.1, 0.15) is 18.9 Å². The van der Waals surface area contributed by atoms with Gasteiger partial charge in [-0.2, -0.15) is 0 Å². The second kappa shape index (κ2) is 6.74. The first-order valence-electron chi connectivity index (χ1n) is 5.13. The van der Waals surface area contributed by atoms with Gasteiger partial charge in [-0.05, 0) is 30.2 Å². The van der Waals surface area contributed by atoms with Gasteiger partial charge in [0.15, 0.2) is 0 Å². The van der Waals surface area contributed by atoms with Gasteiger partial charge in [-0.3, -0.25) is 4.98 Å². The minimum Gasteiger partial charge on any atom is -0.478 e. The lowest BCUT2D eigenvalue weighted by molar-refractivity contribution is -0.132. The lowest BCUT2D eigenvalue weighted by Crippen LogP contribution is -2.01. The number of aliphatic carboxylic acids is 1. The molecule has 0 fully saturated rings.